The highest BCUT2D eigenvalue weighted by Crippen LogP contribution is 2.25. The van der Waals surface area contributed by atoms with Gasteiger partial charge in [-0.2, -0.15) is 4.98 Å². The molecule has 1 atom stereocenters. The summed E-state index contributed by atoms with van der Waals surface area (Å²) in [5, 5.41) is 7.42. The number of rotatable bonds is 3. The van der Waals surface area contributed by atoms with E-state index < -0.39 is 0 Å². The number of hydrogen-bond acceptors (Lipinski definition) is 6. The molecule has 2 aliphatic heterocycles. The first-order valence-electron chi connectivity index (χ1n) is 8.16. The van der Waals surface area contributed by atoms with Gasteiger partial charge in [0.25, 0.3) is 0 Å². The second-order valence-corrected chi connectivity index (χ2v) is 6.10. The lowest BCUT2D eigenvalue weighted by atomic mass is 10.1. The van der Waals surface area contributed by atoms with Gasteiger partial charge in [-0.15, -0.1) is 0 Å². The van der Waals surface area contributed by atoms with E-state index in [1.807, 2.05) is 12.3 Å². The highest BCUT2D eigenvalue weighted by molar-refractivity contribution is 5.56. The van der Waals surface area contributed by atoms with Crippen molar-refractivity contribution in [2.24, 2.45) is 0 Å². The number of anilines is 1. The van der Waals surface area contributed by atoms with E-state index in [-0.39, 0.29) is 0 Å². The molecular formula is C16H21N5O. The van der Waals surface area contributed by atoms with Crippen LogP contribution in [0.15, 0.2) is 22.9 Å². The van der Waals surface area contributed by atoms with Crippen LogP contribution in [0.5, 0.6) is 0 Å². The van der Waals surface area contributed by atoms with E-state index >= 15 is 0 Å². The van der Waals surface area contributed by atoms with Gasteiger partial charge in [0.1, 0.15) is 5.82 Å². The average molecular weight is 299 g/mol. The normalized spacial score (nSPS) is 22.2. The predicted octanol–water partition coefficient (Wildman–Crippen LogP) is 2.20. The summed E-state index contributed by atoms with van der Waals surface area (Å²) in [4.78, 5) is 11.5. The third kappa shape index (κ3) is 2.70. The lowest BCUT2D eigenvalue weighted by molar-refractivity contribution is 0.359. The first kappa shape index (κ1) is 13.7. The van der Waals surface area contributed by atoms with E-state index in [2.05, 4.69) is 31.4 Å². The molecule has 1 unspecified atom stereocenters. The van der Waals surface area contributed by atoms with Gasteiger partial charge < -0.3 is 14.7 Å². The highest BCUT2D eigenvalue weighted by Gasteiger charge is 2.23. The van der Waals surface area contributed by atoms with E-state index in [4.69, 9.17) is 4.52 Å². The molecule has 2 saturated heterocycles. The van der Waals surface area contributed by atoms with Crippen molar-refractivity contribution in [1.82, 2.24) is 20.4 Å². The Morgan fingerprint density at radius 3 is 2.82 bits per heavy atom. The Bertz CT molecular complexity index is 612. The van der Waals surface area contributed by atoms with Crippen LogP contribution in [0.2, 0.25) is 0 Å². The Kier molecular flexibility index (Phi) is 3.76. The van der Waals surface area contributed by atoms with Crippen molar-refractivity contribution in [3.8, 4) is 11.4 Å². The van der Waals surface area contributed by atoms with Crippen molar-refractivity contribution in [1.29, 1.82) is 0 Å². The summed E-state index contributed by atoms with van der Waals surface area (Å²) in [5.41, 5.74) is 0.918. The third-order valence-electron chi connectivity index (χ3n) is 4.54. The van der Waals surface area contributed by atoms with E-state index in [0.29, 0.717) is 11.7 Å². The number of pyridine rings is 1. The largest absolute Gasteiger partial charge is 0.357 e. The molecule has 2 fully saturated rings. The maximum atomic E-state index is 5.41. The van der Waals surface area contributed by atoms with Gasteiger partial charge in [-0.25, -0.2) is 4.98 Å². The number of nitrogens with one attached hydrogen (secondary N) is 1. The van der Waals surface area contributed by atoms with E-state index in [1.54, 1.807) is 0 Å². The van der Waals surface area contributed by atoms with Crippen molar-refractivity contribution >= 4 is 5.82 Å². The molecule has 2 aromatic heterocycles. The summed E-state index contributed by atoms with van der Waals surface area (Å²) in [6.07, 6.45) is 6.76. The number of nitrogens with zero attached hydrogens (tertiary/aromatic N) is 4. The Labute approximate surface area is 129 Å². The zero-order chi connectivity index (χ0) is 14.8. The fourth-order valence-corrected chi connectivity index (χ4v) is 3.21. The first-order chi connectivity index (χ1) is 10.9. The van der Waals surface area contributed by atoms with Gasteiger partial charge in [-0.05, 0) is 44.4 Å². The topological polar surface area (TPSA) is 67.1 Å². The fourth-order valence-electron chi connectivity index (χ4n) is 3.21. The monoisotopic (exact) mass is 299 g/mol. The average Bonchev–Trinajstić information content (AvgIpc) is 3.27. The second kappa shape index (κ2) is 6.04. The number of aromatic nitrogens is 3. The van der Waals surface area contributed by atoms with Crippen molar-refractivity contribution in [2.45, 2.75) is 31.6 Å². The van der Waals surface area contributed by atoms with Gasteiger partial charge in [-0.3, -0.25) is 0 Å². The van der Waals surface area contributed by atoms with E-state index in [0.717, 1.165) is 49.9 Å². The summed E-state index contributed by atoms with van der Waals surface area (Å²) >= 11 is 0. The molecule has 0 spiro atoms. The maximum Gasteiger partial charge on any atom is 0.231 e. The quantitative estimate of drug-likeness (QED) is 0.937. The van der Waals surface area contributed by atoms with Crippen molar-refractivity contribution < 1.29 is 4.52 Å². The van der Waals surface area contributed by atoms with Crippen LogP contribution < -0.4 is 10.2 Å². The summed E-state index contributed by atoms with van der Waals surface area (Å²) in [6.45, 7) is 4.16. The third-order valence-corrected chi connectivity index (χ3v) is 4.54. The van der Waals surface area contributed by atoms with Gasteiger partial charge in [-0.1, -0.05) is 5.16 Å². The van der Waals surface area contributed by atoms with Crippen molar-refractivity contribution in [3.05, 3.63) is 24.2 Å². The lowest BCUT2D eigenvalue weighted by Crippen LogP contribution is -2.29. The van der Waals surface area contributed by atoms with E-state index in [1.165, 1.54) is 19.3 Å². The van der Waals surface area contributed by atoms with Crippen molar-refractivity contribution in [2.75, 3.05) is 31.1 Å². The van der Waals surface area contributed by atoms with Crippen LogP contribution in [0.1, 0.15) is 37.5 Å². The van der Waals surface area contributed by atoms with E-state index in [9.17, 15) is 0 Å². The van der Waals surface area contributed by atoms with Gasteiger partial charge in [0.15, 0.2) is 0 Å². The number of piperidine rings is 1. The molecule has 0 bridgehead atoms. The molecule has 1 N–H and O–H groups in total. The Morgan fingerprint density at radius 2 is 2.09 bits per heavy atom. The minimum atomic E-state index is 0.349. The van der Waals surface area contributed by atoms with Gasteiger partial charge >= 0.3 is 0 Å². The molecular weight excluding hydrogens is 278 g/mol. The molecule has 6 nitrogen and oxygen atoms in total. The van der Waals surface area contributed by atoms with Gasteiger partial charge in [0.2, 0.25) is 11.7 Å². The highest BCUT2D eigenvalue weighted by atomic mass is 16.5. The van der Waals surface area contributed by atoms with Crippen LogP contribution in [-0.4, -0.2) is 41.3 Å². The van der Waals surface area contributed by atoms with Crippen molar-refractivity contribution in [3.63, 3.8) is 0 Å². The molecule has 0 saturated carbocycles. The predicted molar refractivity (Wildman–Crippen MR) is 83.8 cm³/mol. The van der Waals surface area contributed by atoms with Gasteiger partial charge in [0.05, 0.1) is 5.92 Å². The fraction of sp³-hybridized carbons (Fsp3) is 0.562. The Morgan fingerprint density at radius 1 is 1.18 bits per heavy atom. The van der Waals surface area contributed by atoms with Crippen LogP contribution in [0.25, 0.3) is 11.4 Å². The molecule has 22 heavy (non-hydrogen) atoms. The molecule has 0 amide bonds. The minimum absolute atomic E-state index is 0.349. The summed E-state index contributed by atoms with van der Waals surface area (Å²) < 4.78 is 5.41. The maximum absolute atomic E-state index is 5.41. The zero-order valence-electron chi connectivity index (χ0n) is 12.7. The molecule has 2 aliphatic rings. The number of hydrogen-bond donors (Lipinski definition) is 1. The SMILES string of the molecule is c1cc(N2CCCCC2)ncc1-c1noc(C2CCNC2)n1. The van der Waals surface area contributed by atoms with Crippen LogP contribution in [0.3, 0.4) is 0 Å². The zero-order valence-corrected chi connectivity index (χ0v) is 12.7. The van der Waals surface area contributed by atoms with Crippen LogP contribution in [-0.2, 0) is 0 Å². The summed E-state index contributed by atoms with van der Waals surface area (Å²) in [5.74, 6) is 2.77. The van der Waals surface area contributed by atoms with Gasteiger partial charge in [0, 0.05) is 31.4 Å². The summed E-state index contributed by atoms with van der Waals surface area (Å²) in [6, 6.07) is 4.10. The standard InChI is InChI=1S/C16H21N5O/c1-2-8-21(9-3-1)14-5-4-12(11-18-14)15-19-16(22-20-15)13-6-7-17-10-13/h4-5,11,13,17H,1-3,6-10H2. The first-order valence-corrected chi connectivity index (χ1v) is 8.16. The Balaban J connectivity index is 1.50. The second-order valence-electron chi connectivity index (χ2n) is 6.10. The van der Waals surface area contributed by atoms with Crippen LogP contribution in [0, 0.1) is 0 Å². The molecule has 6 heteroatoms. The summed E-state index contributed by atoms with van der Waals surface area (Å²) in [7, 11) is 0. The molecule has 116 valence electrons. The molecule has 4 heterocycles. The minimum Gasteiger partial charge on any atom is -0.357 e. The molecule has 0 radical (unpaired) electrons. The molecule has 4 rings (SSSR count). The van der Waals surface area contributed by atoms with Crippen LogP contribution >= 0.6 is 0 Å². The smallest absolute Gasteiger partial charge is 0.231 e. The van der Waals surface area contributed by atoms with Crippen LogP contribution in [0.4, 0.5) is 5.82 Å². The lowest BCUT2D eigenvalue weighted by Gasteiger charge is -2.27. The Hall–Kier alpha value is -1.95. The molecule has 0 aromatic carbocycles. The molecule has 2 aromatic rings. The molecule has 0 aliphatic carbocycles.